The van der Waals surface area contributed by atoms with Gasteiger partial charge < -0.3 is 4.74 Å². The van der Waals surface area contributed by atoms with E-state index in [9.17, 15) is 9.59 Å². The topological polar surface area (TPSA) is 58.6 Å². The number of halogens is 2. The third-order valence-electron chi connectivity index (χ3n) is 4.46. The lowest BCUT2D eigenvalue weighted by Crippen LogP contribution is -2.35. The Morgan fingerprint density at radius 3 is 2.13 bits per heavy atom. The smallest absolute Gasteiger partial charge is 0.282 e. The number of para-hydroxylation sites is 1. The van der Waals surface area contributed by atoms with Crippen LogP contribution in [0.5, 0.6) is 5.75 Å². The first-order valence-electron chi connectivity index (χ1n) is 9.11. The maximum atomic E-state index is 12.8. The maximum Gasteiger partial charge on any atom is 0.282 e. The van der Waals surface area contributed by atoms with Gasteiger partial charge in [-0.1, -0.05) is 48.5 Å². The first kappa shape index (κ1) is 20.9. The molecule has 1 saturated heterocycles. The van der Waals surface area contributed by atoms with Crippen molar-refractivity contribution in [3.63, 3.8) is 0 Å². The summed E-state index contributed by atoms with van der Waals surface area (Å²) in [6, 6.07) is 22.8. The molecule has 30 heavy (non-hydrogen) atoms. The van der Waals surface area contributed by atoms with E-state index in [4.69, 9.17) is 4.74 Å². The Morgan fingerprint density at radius 2 is 1.50 bits per heavy atom. The van der Waals surface area contributed by atoms with E-state index in [-0.39, 0.29) is 11.5 Å². The fraction of sp³-hybridized carbons (Fsp3) is 0.0435. The number of nitrogens with zero attached hydrogens (tertiary/aromatic N) is 1. The molecule has 1 heterocycles. The third-order valence-corrected chi connectivity index (χ3v) is 6.07. The Labute approximate surface area is 201 Å². The molecule has 0 bridgehead atoms. The Morgan fingerprint density at radius 1 is 0.900 bits per heavy atom. The van der Waals surface area contributed by atoms with E-state index in [1.165, 1.54) is 5.01 Å². The van der Waals surface area contributed by atoms with Gasteiger partial charge in [-0.05, 0) is 86.7 Å². The maximum absolute atomic E-state index is 12.8. The summed E-state index contributed by atoms with van der Waals surface area (Å²) in [5.74, 6) is -0.00536. The molecule has 7 heteroatoms. The van der Waals surface area contributed by atoms with Crippen molar-refractivity contribution < 1.29 is 14.3 Å². The van der Waals surface area contributed by atoms with Gasteiger partial charge in [0.25, 0.3) is 11.8 Å². The Bertz CT molecular complexity index is 1110. The first-order chi connectivity index (χ1) is 14.5. The van der Waals surface area contributed by atoms with Crippen LogP contribution >= 0.6 is 45.2 Å². The zero-order valence-corrected chi connectivity index (χ0v) is 20.0. The van der Waals surface area contributed by atoms with Crippen LogP contribution in [0.15, 0.2) is 78.4 Å². The van der Waals surface area contributed by atoms with E-state index < -0.39 is 5.91 Å². The Balaban J connectivity index is 1.56. The number of amides is 2. The Hall–Kier alpha value is -2.40. The molecular weight excluding hydrogens is 606 g/mol. The SMILES string of the molecule is O=C1NN(c2ccccc2)C(=O)/C1=C\c1cc(I)c(OCc2ccccc2)c(I)c1. The van der Waals surface area contributed by atoms with Crippen LogP contribution in [-0.2, 0) is 16.2 Å². The fourth-order valence-corrected chi connectivity index (χ4v) is 5.14. The number of hydrazine groups is 1. The van der Waals surface area contributed by atoms with Gasteiger partial charge in [0.1, 0.15) is 17.9 Å². The van der Waals surface area contributed by atoms with Crippen LogP contribution in [0.4, 0.5) is 5.69 Å². The van der Waals surface area contributed by atoms with Gasteiger partial charge in [0, 0.05) is 0 Å². The molecule has 0 radical (unpaired) electrons. The van der Waals surface area contributed by atoms with Gasteiger partial charge in [0.2, 0.25) is 0 Å². The fourth-order valence-electron chi connectivity index (χ4n) is 3.01. The predicted molar refractivity (Wildman–Crippen MR) is 133 cm³/mol. The highest BCUT2D eigenvalue weighted by Gasteiger charge is 2.34. The van der Waals surface area contributed by atoms with Crippen molar-refractivity contribution in [1.82, 2.24) is 5.43 Å². The summed E-state index contributed by atoms with van der Waals surface area (Å²) < 4.78 is 7.83. The lowest BCUT2D eigenvalue weighted by molar-refractivity contribution is -0.117. The number of ether oxygens (including phenoxy) is 1. The minimum absolute atomic E-state index is 0.100. The van der Waals surface area contributed by atoms with E-state index in [0.29, 0.717) is 12.3 Å². The Kier molecular flexibility index (Phi) is 6.38. The second-order valence-corrected chi connectivity index (χ2v) is 8.89. The zero-order chi connectivity index (χ0) is 21.1. The largest absolute Gasteiger partial charge is 0.487 e. The summed E-state index contributed by atoms with van der Waals surface area (Å²) in [6.45, 7) is 0.472. The van der Waals surface area contributed by atoms with Crippen LogP contribution in [0.2, 0.25) is 0 Å². The van der Waals surface area contributed by atoms with E-state index in [2.05, 4.69) is 50.6 Å². The molecule has 1 fully saturated rings. The van der Waals surface area contributed by atoms with Gasteiger partial charge in [-0.2, -0.15) is 0 Å². The highest BCUT2D eigenvalue weighted by molar-refractivity contribution is 14.1. The quantitative estimate of drug-likeness (QED) is 0.250. The molecule has 1 aliphatic heterocycles. The van der Waals surface area contributed by atoms with Crippen LogP contribution in [0.25, 0.3) is 6.08 Å². The molecule has 3 aromatic carbocycles. The molecule has 0 aliphatic carbocycles. The van der Waals surface area contributed by atoms with Gasteiger partial charge >= 0.3 is 0 Å². The number of hydrogen-bond donors (Lipinski definition) is 1. The zero-order valence-electron chi connectivity index (χ0n) is 15.6. The number of benzene rings is 3. The molecule has 1 aliphatic rings. The van der Waals surface area contributed by atoms with Crippen molar-refractivity contribution in [3.8, 4) is 5.75 Å². The molecule has 2 amide bonds. The molecule has 0 saturated carbocycles. The van der Waals surface area contributed by atoms with Crippen molar-refractivity contribution in [2.24, 2.45) is 0 Å². The minimum atomic E-state index is -0.418. The third kappa shape index (κ3) is 4.51. The number of anilines is 1. The van der Waals surface area contributed by atoms with E-state index in [0.717, 1.165) is 24.0 Å². The van der Waals surface area contributed by atoms with Gasteiger partial charge in [0.15, 0.2) is 0 Å². The van der Waals surface area contributed by atoms with Gasteiger partial charge in [0.05, 0.1) is 12.8 Å². The predicted octanol–water partition coefficient (Wildman–Crippen LogP) is 4.94. The second kappa shape index (κ2) is 9.17. The van der Waals surface area contributed by atoms with Crippen molar-refractivity contribution >= 4 is 68.8 Å². The van der Waals surface area contributed by atoms with Gasteiger partial charge in [-0.3, -0.25) is 15.0 Å². The van der Waals surface area contributed by atoms with Gasteiger partial charge in [-0.25, -0.2) is 5.01 Å². The molecule has 0 spiro atoms. The van der Waals surface area contributed by atoms with Crippen molar-refractivity contribution in [1.29, 1.82) is 0 Å². The molecule has 3 aromatic rings. The lowest BCUT2D eigenvalue weighted by atomic mass is 10.1. The molecule has 150 valence electrons. The van der Waals surface area contributed by atoms with Crippen molar-refractivity contribution in [2.45, 2.75) is 6.61 Å². The average Bonchev–Trinajstić information content (AvgIpc) is 3.03. The number of hydrogen-bond acceptors (Lipinski definition) is 3. The van der Waals surface area contributed by atoms with Crippen LogP contribution in [0.1, 0.15) is 11.1 Å². The van der Waals surface area contributed by atoms with E-state index >= 15 is 0 Å². The van der Waals surface area contributed by atoms with Crippen LogP contribution in [0.3, 0.4) is 0 Å². The standard InChI is InChI=1S/C23H16I2N2O3/c24-19-12-16(13-20(25)21(19)30-14-15-7-3-1-4-8-15)11-18-22(28)26-27(23(18)29)17-9-5-2-6-10-17/h1-13H,14H2,(H,26,28)/b18-11-. The number of nitrogens with one attached hydrogen (secondary N) is 1. The number of rotatable bonds is 5. The molecule has 4 rings (SSSR count). The van der Waals surface area contributed by atoms with Crippen LogP contribution < -0.4 is 15.2 Å². The minimum Gasteiger partial charge on any atom is -0.487 e. The summed E-state index contributed by atoms with van der Waals surface area (Å²) >= 11 is 4.42. The summed E-state index contributed by atoms with van der Waals surface area (Å²) in [5, 5.41) is 1.27. The van der Waals surface area contributed by atoms with E-state index in [1.807, 2.05) is 60.7 Å². The first-order valence-corrected chi connectivity index (χ1v) is 11.3. The average molecular weight is 622 g/mol. The van der Waals surface area contributed by atoms with Crippen molar-refractivity contribution in [2.75, 3.05) is 5.01 Å². The lowest BCUT2D eigenvalue weighted by Gasteiger charge is -2.14. The molecule has 5 nitrogen and oxygen atoms in total. The molecular formula is C23H16I2N2O3. The van der Waals surface area contributed by atoms with Gasteiger partial charge in [-0.15, -0.1) is 0 Å². The molecule has 0 unspecified atom stereocenters. The summed E-state index contributed by atoms with van der Waals surface area (Å²) in [5.41, 5.74) is 5.19. The highest BCUT2D eigenvalue weighted by Crippen LogP contribution is 2.31. The van der Waals surface area contributed by atoms with E-state index in [1.54, 1.807) is 18.2 Å². The highest BCUT2D eigenvalue weighted by atomic mass is 127. The van der Waals surface area contributed by atoms with Crippen LogP contribution in [-0.4, -0.2) is 11.8 Å². The summed E-state index contributed by atoms with van der Waals surface area (Å²) in [7, 11) is 0. The molecule has 0 aromatic heterocycles. The monoisotopic (exact) mass is 622 g/mol. The summed E-state index contributed by atoms with van der Waals surface area (Å²) in [6.07, 6.45) is 1.62. The van der Waals surface area contributed by atoms with Crippen LogP contribution in [0, 0.1) is 7.14 Å². The summed E-state index contributed by atoms with van der Waals surface area (Å²) in [4.78, 5) is 25.2. The van der Waals surface area contributed by atoms with Crippen molar-refractivity contribution in [3.05, 3.63) is 96.6 Å². The molecule has 0 atom stereocenters. The molecule has 1 N–H and O–H groups in total. The second-order valence-electron chi connectivity index (χ2n) is 6.56. The normalized spacial score (nSPS) is 14.9. The number of carbonyl (C=O) groups is 2. The number of carbonyl (C=O) groups excluding carboxylic acids is 2.